The van der Waals surface area contributed by atoms with Crippen molar-refractivity contribution in [1.29, 1.82) is 0 Å². The van der Waals surface area contributed by atoms with E-state index in [2.05, 4.69) is 0 Å². The van der Waals surface area contributed by atoms with Crippen LogP contribution in [0.2, 0.25) is 5.02 Å². The molecule has 17 heavy (non-hydrogen) atoms. The monoisotopic (exact) mass is 253 g/mol. The first-order valence-electron chi connectivity index (χ1n) is 6.36. The molecule has 0 radical (unpaired) electrons. The third-order valence-corrected chi connectivity index (χ3v) is 4.79. The zero-order valence-corrected chi connectivity index (χ0v) is 10.5. The van der Waals surface area contributed by atoms with Crippen molar-refractivity contribution in [2.45, 2.75) is 31.7 Å². The lowest BCUT2D eigenvalue weighted by atomic mass is 9.98. The highest BCUT2D eigenvalue weighted by Gasteiger charge is 2.54. The van der Waals surface area contributed by atoms with E-state index in [0.29, 0.717) is 10.9 Å². The molecule has 0 aliphatic heterocycles. The molecule has 0 bridgehead atoms. The standard InChI is InChI=1S/C14H17ClFN/c15-12-7-9(16)5-4-8(12)6-13(17)14-10-2-1-3-11(10)14/h4-5,7,10-11,13-14H,1-3,6,17H2. The van der Waals surface area contributed by atoms with Crippen LogP contribution in [-0.2, 0) is 6.42 Å². The number of halogens is 2. The smallest absolute Gasteiger partial charge is 0.124 e. The second-order valence-corrected chi connectivity index (χ2v) is 5.85. The van der Waals surface area contributed by atoms with Crippen LogP contribution in [0.1, 0.15) is 24.8 Å². The number of benzene rings is 1. The molecule has 1 nitrogen and oxygen atoms in total. The van der Waals surface area contributed by atoms with Crippen molar-refractivity contribution in [2.24, 2.45) is 23.5 Å². The Bertz CT molecular complexity index is 424. The molecule has 3 heteroatoms. The van der Waals surface area contributed by atoms with Crippen molar-refractivity contribution in [3.8, 4) is 0 Å². The van der Waals surface area contributed by atoms with E-state index in [1.807, 2.05) is 0 Å². The Balaban J connectivity index is 1.66. The van der Waals surface area contributed by atoms with Crippen LogP contribution < -0.4 is 5.73 Å². The van der Waals surface area contributed by atoms with Crippen molar-refractivity contribution < 1.29 is 4.39 Å². The number of nitrogens with two attached hydrogens (primary N) is 1. The number of hydrogen-bond donors (Lipinski definition) is 1. The molecule has 2 aliphatic carbocycles. The van der Waals surface area contributed by atoms with Crippen LogP contribution >= 0.6 is 11.6 Å². The molecule has 3 atom stereocenters. The van der Waals surface area contributed by atoms with E-state index in [4.69, 9.17) is 17.3 Å². The van der Waals surface area contributed by atoms with Crippen LogP contribution in [-0.4, -0.2) is 6.04 Å². The Morgan fingerprint density at radius 2 is 2.06 bits per heavy atom. The third kappa shape index (κ3) is 2.09. The van der Waals surface area contributed by atoms with Crippen LogP contribution in [0.5, 0.6) is 0 Å². The van der Waals surface area contributed by atoms with Crippen molar-refractivity contribution in [2.75, 3.05) is 0 Å². The van der Waals surface area contributed by atoms with Gasteiger partial charge in [-0.05, 0) is 54.7 Å². The molecule has 1 aromatic carbocycles. The SMILES string of the molecule is NC(Cc1ccc(F)cc1Cl)C1C2CCCC21. The van der Waals surface area contributed by atoms with E-state index in [-0.39, 0.29) is 11.9 Å². The third-order valence-electron chi connectivity index (χ3n) is 4.44. The summed E-state index contributed by atoms with van der Waals surface area (Å²) < 4.78 is 12.9. The fraction of sp³-hybridized carbons (Fsp3) is 0.571. The largest absolute Gasteiger partial charge is 0.327 e. The molecule has 0 spiro atoms. The normalized spacial score (nSPS) is 32.3. The van der Waals surface area contributed by atoms with E-state index in [1.165, 1.54) is 31.4 Å². The van der Waals surface area contributed by atoms with Gasteiger partial charge in [-0.15, -0.1) is 0 Å². The van der Waals surface area contributed by atoms with Gasteiger partial charge in [-0.2, -0.15) is 0 Å². The minimum Gasteiger partial charge on any atom is -0.327 e. The highest BCUT2D eigenvalue weighted by molar-refractivity contribution is 6.31. The van der Waals surface area contributed by atoms with E-state index in [9.17, 15) is 4.39 Å². The molecule has 2 fully saturated rings. The van der Waals surface area contributed by atoms with Gasteiger partial charge >= 0.3 is 0 Å². The summed E-state index contributed by atoms with van der Waals surface area (Å²) in [5.41, 5.74) is 7.23. The maximum absolute atomic E-state index is 12.9. The summed E-state index contributed by atoms with van der Waals surface area (Å²) in [6.07, 6.45) is 4.84. The molecule has 0 saturated heterocycles. The maximum Gasteiger partial charge on any atom is 0.124 e. The van der Waals surface area contributed by atoms with E-state index < -0.39 is 0 Å². The van der Waals surface area contributed by atoms with Crippen LogP contribution in [0.15, 0.2) is 18.2 Å². The molecule has 3 rings (SSSR count). The van der Waals surface area contributed by atoms with Gasteiger partial charge in [-0.3, -0.25) is 0 Å². The van der Waals surface area contributed by atoms with Gasteiger partial charge in [-0.1, -0.05) is 24.1 Å². The lowest BCUT2D eigenvalue weighted by Gasteiger charge is -2.14. The quantitative estimate of drug-likeness (QED) is 0.878. The van der Waals surface area contributed by atoms with Crippen LogP contribution in [0.3, 0.4) is 0 Å². The van der Waals surface area contributed by atoms with E-state index in [1.54, 1.807) is 6.07 Å². The molecule has 0 heterocycles. The number of rotatable bonds is 3. The Morgan fingerprint density at radius 1 is 1.35 bits per heavy atom. The van der Waals surface area contributed by atoms with Crippen molar-refractivity contribution >= 4 is 11.6 Å². The molecular weight excluding hydrogens is 237 g/mol. The highest BCUT2D eigenvalue weighted by Crippen LogP contribution is 2.58. The first-order chi connectivity index (χ1) is 8.16. The summed E-state index contributed by atoms with van der Waals surface area (Å²) in [6.45, 7) is 0. The second-order valence-electron chi connectivity index (χ2n) is 5.44. The first-order valence-corrected chi connectivity index (χ1v) is 6.74. The minimum absolute atomic E-state index is 0.188. The van der Waals surface area contributed by atoms with Gasteiger partial charge in [0.05, 0.1) is 0 Å². The molecule has 3 unspecified atom stereocenters. The molecule has 2 N–H and O–H groups in total. The fourth-order valence-corrected chi connectivity index (χ4v) is 3.83. The van der Waals surface area contributed by atoms with E-state index >= 15 is 0 Å². The molecule has 0 amide bonds. The summed E-state index contributed by atoms with van der Waals surface area (Å²) in [5.74, 6) is 2.13. The second kappa shape index (κ2) is 4.25. The van der Waals surface area contributed by atoms with Gasteiger partial charge in [0.2, 0.25) is 0 Å². The van der Waals surface area contributed by atoms with Gasteiger partial charge in [0.15, 0.2) is 0 Å². The summed E-state index contributed by atoms with van der Waals surface area (Å²) >= 11 is 6.02. The van der Waals surface area contributed by atoms with Gasteiger partial charge in [0.25, 0.3) is 0 Å². The van der Waals surface area contributed by atoms with Crippen molar-refractivity contribution in [3.63, 3.8) is 0 Å². The van der Waals surface area contributed by atoms with Gasteiger partial charge in [-0.25, -0.2) is 4.39 Å². The Kier molecular flexibility index (Phi) is 2.87. The maximum atomic E-state index is 12.9. The summed E-state index contributed by atoms with van der Waals surface area (Å²) in [4.78, 5) is 0. The fourth-order valence-electron chi connectivity index (χ4n) is 3.59. The topological polar surface area (TPSA) is 26.0 Å². The summed E-state index contributed by atoms with van der Waals surface area (Å²) in [5, 5.41) is 0.506. The number of fused-ring (bicyclic) bond motifs is 1. The van der Waals surface area contributed by atoms with Crippen LogP contribution in [0.4, 0.5) is 4.39 Å². The van der Waals surface area contributed by atoms with E-state index in [0.717, 1.165) is 23.8 Å². The zero-order chi connectivity index (χ0) is 12.0. The van der Waals surface area contributed by atoms with Gasteiger partial charge in [0, 0.05) is 11.1 Å². The molecule has 92 valence electrons. The first kappa shape index (κ1) is 11.5. The minimum atomic E-state index is -0.282. The Hall–Kier alpha value is -0.600. The lowest BCUT2D eigenvalue weighted by molar-refractivity contribution is 0.484. The predicted molar refractivity (Wildman–Crippen MR) is 67.4 cm³/mol. The molecular formula is C14H17ClFN. The summed E-state index contributed by atoms with van der Waals surface area (Å²) in [7, 11) is 0. The Labute approximate surface area is 106 Å². The van der Waals surface area contributed by atoms with Crippen LogP contribution in [0.25, 0.3) is 0 Å². The average Bonchev–Trinajstić information content (AvgIpc) is 2.77. The molecule has 0 aromatic heterocycles. The zero-order valence-electron chi connectivity index (χ0n) is 9.70. The van der Waals surface area contributed by atoms with Crippen molar-refractivity contribution in [3.05, 3.63) is 34.6 Å². The van der Waals surface area contributed by atoms with Crippen molar-refractivity contribution in [1.82, 2.24) is 0 Å². The average molecular weight is 254 g/mol. The highest BCUT2D eigenvalue weighted by atomic mass is 35.5. The van der Waals surface area contributed by atoms with Gasteiger partial charge < -0.3 is 5.73 Å². The Morgan fingerprint density at radius 3 is 2.71 bits per heavy atom. The molecule has 2 aliphatic rings. The van der Waals surface area contributed by atoms with Crippen LogP contribution in [0, 0.1) is 23.6 Å². The molecule has 1 aromatic rings. The van der Waals surface area contributed by atoms with Gasteiger partial charge in [0.1, 0.15) is 5.82 Å². The summed E-state index contributed by atoms with van der Waals surface area (Å²) in [6, 6.07) is 4.78. The molecule has 2 saturated carbocycles. The lowest BCUT2D eigenvalue weighted by Crippen LogP contribution is -2.27. The number of hydrogen-bond acceptors (Lipinski definition) is 1. The predicted octanol–water partition coefficient (Wildman–Crippen LogP) is 3.40.